The molecule has 1 aromatic heterocycles. The summed E-state index contributed by atoms with van der Waals surface area (Å²) in [5, 5.41) is 3.42. The third-order valence-electron chi connectivity index (χ3n) is 2.42. The molecule has 1 rings (SSSR count). The van der Waals surface area contributed by atoms with Gasteiger partial charge < -0.3 is 15.8 Å². The fourth-order valence-corrected chi connectivity index (χ4v) is 1.44. The van der Waals surface area contributed by atoms with E-state index in [0.29, 0.717) is 30.6 Å². The fourth-order valence-electron chi connectivity index (χ4n) is 1.31. The Kier molecular flexibility index (Phi) is 5.44. The summed E-state index contributed by atoms with van der Waals surface area (Å²) in [5.74, 6) is 0.957. The zero-order valence-electron chi connectivity index (χ0n) is 10.4. The maximum atomic E-state index is 5.78. The van der Waals surface area contributed by atoms with Crippen LogP contribution in [-0.2, 0) is 4.74 Å². The number of nitrogens with zero attached hydrogens (tertiary/aromatic N) is 2. The van der Waals surface area contributed by atoms with Crippen LogP contribution in [0.2, 0.25) is 5.28 Å². The normalized spacial score (nSPS) is 12.8. The first-order chi connectivity index (χ1) is 8.04. The van der Waals surface area contributed by atoms with E-state index in [2.05, 4.69) is 29.1 Å². The smallest absolute Gasteiger partial charge is 0.224 e. The number of rotatable bonds is 6. The molecule has 1 heterocycles. The molecule has 0 aliphatic heterocycles. The number of hydrogen-bond acceptors (Lipinski definition) is 5. The van der Waals surface area contributed by atoms with Crippen molar-refractivity contribution < 1.29 is 4.74 Å². The summed E-state index contributed by atoms with van der Waals surface area (Å²) in [7, 11) is 0. The van der Waals surface area contributed by atoms with Crippen molar-refractivity contribution in [3.8, 4) is 0 Å². The molecule has 1 atom stereocenters. The Labute approximate surface area is 107 Å². The molecule has 1 unspecified atom stereocenters. The van der Waals surface area contributed by atoms with Crippen molar-refractivity contribution in [3.63, 3.8) is 0 Å². The first-order valence-corrected chi connectivity index (χ1v) is 6.04. The van der Waals surface area contributed by atoms with Gasteiger partial charge in [-0.3, -0.25) is 0 Å². The van der Waals surface area contributed by atoms with Gasteiger partial charge in [0.2, 0.25) is 5.28 Å². The SMILES string of the molecule is CCOCC(Nc1nc(Cl)ncc1N)C(C)C. The highest BCUT2D eigenvalue weighted by Gasteiger charge is 2.15. The second-order valence-corrected chi connectivity index (χ2v) is 4.44. The van der Waals surface area contributed by atoms with Gasteiger partial charge in [-0.25, -0.2) is 4.98 Å². The lowest BCUT2D eigenvalue weighted by molar-refractivity contribution is 0.126. The average Bonchev–Trinajstić information content (AvgIpc) is 2.28. The van der Waals surface area contributed by atoms with Crippen molar-refractivity contribution in [2.45, 2.75) is 26.8 Å². The molecular formula is C11H19ClN4O. The third-order valence-corrected chi connectivity index (χ3v) is 2.60. The Balaban J connectivity index is 2.74. The number of hydrogen-bond donors (Lipinski definition) is 2. The van der Waals surface area contributed by atoms with Crippen LogP contribution in [0, 0.1) is 5.92 Å². The van der Waals surface area contributed by atoms with Crippen LogP contribution < -0.4 is 11.1 Å². The summed E-state index contributed by atoms with van der Waals surface area (Å²) in [4.78, 5) is 7.88. The predicted molar refractivity (Wildman–Crippen MR) is 70.2 cm³/mol. The van der Waals surface area contributed by atoms with Gasteiger partial charge in [-0.1, -0.05) is 13.8 Å². The maximum Gasteiger partial charge on any atom is 0.224 e. The van der Waals surface area contributed by atoms with Crippen LogP contribution in [-0.4, -0.2) is 29.2 Å². The number of halogens is 1. The van der Waals surface area contributed by atoms with Crippen molar-refractivity contribution in [2.24, 2.45) is 5.92 Å². The van der Waals surface area contributed by atoms with E-state index in [1.807, 2.05) is 6.92 Å². The van der Waals surface area contributed by atoms with Crippen molar-refractivity contribution in [2.75, 3.05) is 24.3 Å². The van der Waals surface area contributed by atoms with Crippen molar-refractivity contribution in [1.82, 2.24) is 9.97 Å². The van der Waals surface area contributed by atoms with Crippen LogP contribution >= 0.6 is 11.6 Å². The van der Waals surface area contributed by atoms with E-state index >= 15 is 0 Å². The molecule has 3 N–H and O–H groups in total. The zero-order valence-corrected chi connectivity index (χ0v) is 11.2. The molecule has 0 radical (unpaired) electrons. The molecule has 0 aliphatic carbocycles. The molecule has 0 bridgehead atoms. The highest BCUT2D eigenvalue weighted by Crippen LogP contribution is 2.19. The van der Waals surface area contributed by atoms with Gasteiger partial charge in [-0.2, -0.15) is 4.98 Å². The van der Waals surface area contributed by atoms with E-state index in [0.717, 1.165) is 0 Å². The molecule has 17 heavy (non-hydrogen) atoms. The van der Waals surface area contributed by atoms with E-state index in [9.17, 15) is 0 Å². The Morgan fingerprint density at radius 1 is 1.53 bits per heavy atom. The van der Waals surface area contributed by atoms with Crippen LogP contribution in [0.15, 0.2) is 6.20 Å². The molecule has 96 valence electrons. The van der Waals surface area contributed by atoms with Gasteiger partial charge in [0.1, 0.15) is 0 Å². The molecule has 0 saturated carbocycles. The molecule has 6 heteroatoms. The summed E-state index contributed by atoms with van der Waals surface area (Å²) >= 11 is 5.74. The topological polar surface area (TPSA) is 73.1 Å². The molecule has 5 nitrogen and oxygen atoms in total. The lowest BCUT2D eigenvalue weighted by Crippen LogP contribution is -2.31. The Bertz CT molecular complexity index is 359. The number of anilines is 2. The Hall–Kier alpha value is -1.07. The van der Waals surface area contributed by atoms with Gasteiger partial charge in [0.05, 0.1) is 24.5 Å². The number of nitrogens with two attached hydrogens (primary N) is 1. The van der Waals surface area contributed by atoms with E-state index in [4.69, 9.17) is 22.1 Å². The molecule has 0 amide bonds. The van der Waals surface area contributed by atoms with E-state index in [-0.39, 0.29) is 11.3 Å². The third kappa shape index (κ3) is 4.36. The fraction of sp³-hybridized carbons (Fsp3) is 0.636. The molecular weight excluding hydrogens is 240 g/mol. The van der Waals surface area contributed by atoms with Crippen LogP contribution in [0.3, 0.4) is 0 Å². The quantitative estimate of drug-likeness (QED) is 0.765. The largest absolute Gasteiger partial charge is 0.394 e. The average molecular weight is 259 g/mol. The van der Waals surface area contributed by atoms with Crippen LogP contribution in [0.5, 0.6) is 0 Å². The molecule has 0 aromatic carbocycles. The van der Waals surface area contributed by atoms with E-state index < -0.39 is 0 Å². The van der Waals surface area contributed by atoms with E-state index in [1.165, 1.54) is 6.20 Å². The number of ether oxygens (including phenoxy) is 1. The van der Waals surface area contributed by atoms with Crippen molar-refractivity contribution >= 4 is 23.1 Å². The van der Waals surface area contributed by atoms with Crippen molar-refractivity contribution in [1.29, 1.82) is 0 Å². The summed E-state index contributed by atoms with van der Waals surface area (Å²) in [5.41, 5.74) is 6.26. The number of nitrogens with one attached hydrogen (secondary N) is 1. The van der Waals surface area contributed by atoms with Gasteiger partial charge in [0.25, 0.3) is 0 Å². The molecule has 0 saturated heterocycles. The Morgan fingerprint density at radius 2 is 2.24 bits per heavy atom. The molecule has 0 spiro atoms. The number of aromatic nitrogens is 2. The lowest BCUT2D eigenvalue weighted by atomic mass is 10.1. The minimum atomic E-state index is 0.142. The monoisotopic (exact) mass is 258 g/mol. The second-order valence-electron chi connectivity index (χ2n) is 4.10. The van der Waals surface area contributed by atoms with Gasteiger partial charge in [-0.05, 0) is 24.4 Å². The van der Waals surface area contributed by atoms with E-state index in [1.54, 1.807) is 0 Å². The van der Waals surface area contributed by atoms with Crippen molar-refractivity contribution in [3.05, 3.63) is 11.5 Å². The molecule has 0 aliphatic rings. The van der Waals surface area contributed by atoms with Crippen LogP contribution in [0.4, 0.5) is 11.5 Å². The molecule has 1 aromatic rings. The first-order valence-electron chi connectivity index (χ1n) is 5.66. The second kappa shape index (κ2) is 6.61. The predicted octanol–water partition coefficient (Wildman–Crippen LogP) is 2.19. The summed E-state index contributed by atoms with van der Waals surface area (Å²) in [6.07, 6.45) is 1.50. The van der Waals surface area contributed by atoms with Crippen LogP contribution in [0.1, 0.15) is 20.8 Å². The highest BCUT2D eigenvalue weighted by atomic mass is 35.5. The number of nitrogen functional groups attached to an aromatic ring is 1. The minimum absolute atomic E-state index is 0.142. The van der Waals surface area contributed by atoms with Gasteiger partial charge in [0.15, 0.2) is 5.82 Å². The standard InChI is InChI=1S/C11H19ClN4O/c1-4-17-6-9(7(2)3)15-10-8(13)5-14-11(12)16-10/h5,7,9H,4,6,13H2,1-3H3,(H,14,15,16). The molecule has 0 fully saturated rings. The summed E-state index contributed by atoms with van der Waals surface area (Å²) in [6, 6.07) is 0.142. The zero-order chi connectivity index (χ0) is 12.8. The first kappa shape index (κ1) is 14.0. The van der Waals surface area contributed by atoms with Gasteiger partial charge >= 0.3 is 0 Å². The van der Waals surface area contributed by atoms with Gasteiger partial charge in [-0.15, -0.1) is 0 Å². The summed E-state index contributed by atoms with van der Waals surface area (Å²) < 4.78 is 5.42. The minimum Gasteiger partial charge on any atom is -0.394 e. The van der Waals surface area contributed by atoms with Crippen LogP contribution in [0.25, 0.3) is 0 Å². The highest BCUT2D eigenvalue weighted by molar-refractivity contribution is 6.28. The Morgan fingerprint density at radius 3 is 2.82 bits per heavy atom. The lowest BCUT2D eigenvalue weighted by Gasteiger charge is -2.23. The maximum absolute atomic E-state index is 5.78. The summed E-state index contributed by atoms with van der Waals surface area (Å²) in [6.45, 7) is 7.47. The van der Waals surface area contributed by atoms with Gasteiger partial charge in [0, 0.05) is 6.61 Å².